The van der Waals surface area contributed by atoms with Crippen LogP contribution in [0.15, 0.2) is 53.7 Å². The molecule has 0 aliphatic heterocycles. The van der Waals surface area contributed by atoms with Gasteiger partial charge in [-0.3, -0.25) is 4.79 Å². The second kappa shape index (κ2) is 7.36. The fourth-order valence-corrected chi connectivity index (χ4v) is 3.68. The van der Waals surface area contributed by atoms with Gasteiger partial charge < -0.3 is 10.3 Å². The van der Waals surface area contributed by atoms with Gasteiger partial charge in [-0.2, -0.15) is 0 Å². The third-order valence-corrected chi connectivity index (χ3v) is 5.55. The summed E-state index contributed by atoms with van der Waals surface area (Å²) in [7, 11) is 0. The SMILES string of the molecule is CCC(Sc1nnc2c(n1)[nH]c1ccccc12)C(=O)Nc1ccc(C)cc1. The summed E-state index contributed by atoms with van der Waals surface area (Å²) in [5.41, 5.74) is 4.34. The Morgan fingerprint density at radius 2 is 1.93 bits per heavy atom. The highest BCUT2D eigenvalue weighted by Gasteiger charge is 2.20. The van der Waals surface area contributed by atoms with Crippen molar-refractivity contribution in [2.75, 3.05) is 5.32 Å². The maximum Gasteiger partial charge on any atom is 0.237 e. The number of carbonyl (C=O) groups is 1. The maximum absolute atomic E-state index is 12.6. The van der Waals surface area contributed by atoms with Crippen LogP contribution in [0.4, 0.5) is 5.69 Å². The molecule has 0 aliphatic carbocycles. The first kappa shape index (κ1) is 17.5. The van der Waals surface area contributed by atoms with Crippen LogP contribution in [0.3, 0.4) is 0 Å². The van der Waals surface area contributed by atoms with E-state index in [0.29, 0.717) is 17.2 Å². The monoisotopic (exact) mass is 377 g/mol. The van der Waals surface area contributed by atoms with Crippen LogP contribution in [0.2, 0.25) is 0 Å². The minimum absolute atomic E-state index is 0.0632. The number of H-pyrrole nitrogens is 1. The number of rotatable bonds is 5. The van der Waals surface area contributed by atoms with Crippen LogP contribution in [0.25, 0.3) is 22.1 Å². The van der Waals surface area contributed by atoms with Crippen molar-refractivity contribution in [1.29, 1.82) is 0 Å². The number of thioether (sulfide) groups is 1. The van der Waals surface area contributed by atoms with Crippen molar-refractivity contribution >= 4 is 45.4 Å². The topological polar surface area (TPSA) is 83.6 Å². The molecule has 0 fully saturated rings. The first-order chi connectivity index (χ1) is 13.1. The van der Waals surface area contributed by atoms with Crippen molar-refractivity contribution in [3.05, 3.63) is 54.1 Å². The normalized spacial score (nSPS) is 12.4. The molecule has 2 aromatic carbocycles. The quantitative estimate of drug-likeness (QED) is 0.506. The van der Waals surface area contributed by atoms with Crippen LogP contribution in [0.1, 0.15) is 18.9 Å². The molecule has 6 nitrogen and oxygen atoms in total. The van der Waals surface area contributed by atoms with Gasteiger partial charge in [-0.05, 0) is 31.5 Å². The number of aromatic nitrogens is 4. The molecule has 27 heavy (non-hydrogen) atoms. The van der Waals surface area contributed by atoms with Gasteiger partial charge in [0.1, 0.15) is 5.52 Å². The second-order valence-electron chi connectivity index (χ2n) is 6.33. The van der Waals surface area contributed by atoms with Gasteiger partial charge in [0, 0.05) is 16.6 Å². The average Bonchev–Trinajstić information content (AvgIpc) is 3.05. The number of fused-ring (bicyclic) bond motifs is 3. The Bertz CT molecular complexity index is 1110. The van der Waals surface area contributed by atoms with E-state index in [0.717, 1.165) is 27.7 Å². The van der Waals surface area contributed by atoms with Gasteiger partial charge >= 0.3 is 0 Å². The van der Waals surface area contributed by atoms with E-state index in [1.165, 1.54) is 11.8 Å². The van der Waals surface area contributed by atoms with E-state index in [-0.39, 0.29) is 11.2 Å². The molecule has 0 radical (unpaired) electrons. The van der Waals surface area contributed by atoms with Crippen LogP contribution in [0, 0.1) is 6.92 Å². The summed E-state index contributed by atoms with van der Waals surface area (Å²) < 4.78 is 0. The van der Waals surface area contributed by atoms with Crippen molar-refractivity contribution in [3.8, 4) is 0 Å². The van der Waals surface area contributed by atoms with E-state index >= 15 is 0 Å². The molecule has 1 atom stereocenters. The Hall–Kier alpha value is -2.93. The number of nitrogens with zero attached hydrogens (tertiary/aromatic N) is 3. The number of carbonyl (C=O) groups excluding carboxylic acids is 1. The molecule has 0 aliphatic rings. The summed E-state index contributed by atoms with van der Waals surface area (Å²) in [4.78, 5) is 20.4. The summed E-state index contributed by atoms with van der Waals surface area (Å²) in [6, 6.07) is 15.6. The van der Waals surface area contributed by atoms with Crippen molar-refractivity contribution in [2.24, 2.45) is 0 Å². The maximum atomic E-state index is 12.6. The lowest BCUT2D eigenvalue weighted by Crippen LogP contribution is -2.24. The van der Waals surface area contributed by atoms with Crippen molar-refractivity contribution in [3.63, 3.8) is 0 Å². The summed E-state index contributed by atoms with van der Waals surface area (Å²) in [5.74, 6) is -0.0632. The van der Waals surface area contributed by atoms with Gasteiger partial charge in [0.2, 0.25) is 11.1 Å². The Kier molecular flexibility index (Phi) is 4.77. The number of aryl methyl sites for hydroxylation is 1. The predicted octanol–water partition coefficient (Wildman–Crippen LogP) is 4.32. The number of para-hydroxylation sites is 1. The van der Waals surface area contributed by atoms with E-state index in [2.05, 4.69) is 25.5 Å². The third kappa shape index (κ3) is 3.64. The minimum atomic E-state index is -0.296. The Morgan fingerprint density at radius 1 is 1.15 bits per heavy atom. The molecular weight excluding hydrogens is 358 g/mol. The van der Waals surface area contributed by atoms with Gasteiger partial charge in [-0.25, -0.2) is 4.98 Å². The van der Waals surface area contributed by atoms with E-state index in [9.17, 15) is 4.79 Å². The smallest absolute Gasteiger partial charge is 0.237 e. The highest BCUT2D eigenvalue weighted by molar-refractivity contribution is 8.00. The molecule has 7 heteroatoms. The highest BCUT2D eigenvalue weighted by atomic mass is 32.2. The molecule has 0 bridgehead atoms. The van der Waals surface area contributed by atoms with E-state index in [1.54, 1.807) is 0 Å². The number of anilines is 1. The van der Waals surface area contributed by atoms with Gasteiger partial charge in [-0.1, -0.05) is 54.6 Å². The third-order valence-electron chi connectivity index (χ3n) is 4.33. The lowest BCUT2D eigenvalue weighted by Gasteiger charge is -2.13. The van der Waals surface area contributed by atoms with Crippen molar-refractivity contribution in [1.82, 2.24) is 20.2 Å². The van der Waals surface area contributed by atoms with Crippen molar-refractivity contribution in [2.45, 2.75) is 30.7 Å². The number of benzene rings is 2. The lowest BCUT2D eigenvalue weighted by atomic mass is 10.2. The first-order valence-electron chi connectivity index (χ1n) is 8.79. The first-order valence-corrected chi connectivity index (χ1v) is 9.67. The largest absolute Gasteiger partial charge is 0.338 e. The molecule has 0 saturated heterocycles. The summed E-state index contributed by atoms with van der Waals surface area (Å²) in [6.45, 7) is 3.99. The van der Waals surface area contributed by atoms with Crippen LogP contribution >= 0.6 is 11.8 Å². The molecule has 136 valence electrons. The van der Waals surface area contributed by atoms with Gasteiger partial charge in [0.05, 0.1) is 5.25 Å². The second-order valence-corrected chi connectivity index (χ2v) is 7.50. The van der Waals surface area contributed by atoms with Crippen molar-refractivity contribution < 1.29 is 4.79 Å². The molecule has 0 spiro atoms. The van der Waals surface area contributed by atoms with Crippen LogP contribution in [0.5, 0.6) is 0 Å². The molecule has 4 aromatic rings. The number of hydrogen-bond donors (Lipinski definition) is 2. The van der Waals surface area contributed by atoms with E-state index in [1.807, 2.05) is 62.4 Å². The Balaban J connectivity index is 1.54. The molecular formula is C20H19N5OS. The Labute approximate surface area is 160 Å². The van der Waals surface area contributed by atoms with Gasteiger partial charge in [0.25, 0.3) is 0 Å². The molecule has 2 aromatic heterocycles. The molecule has 0 saturated carbocycles. The van der Waals surface area contributed by atoms with E-state index < -0.39 is 0 Å². The highest BCUT2D eigenvalue weighted by Crippen LogP contribution is 2.26. The standard InChI is InChI=1S/C20H19N5OS/c1-3-16(19(26)21-13-10-8-12(2)9-11-13)27-20-23-18-17(24-25-20)14-6-4-5-7-15(14)22-18/h4-11,16H,3H2,1-2H3,(H,21,26)(H,22,23,25). The summed E-state index contributed by atoms with van der Waals surface area (Å²) in [6.07, 6.45) is 0.663. The fraction of sp³-hybridized carbons (Fsp3) is 0.200. The van der Waals surface area contributed by atoms with Crippen LogP contribution in [-0.2, 0) is 4.79 Å². The number of hydrogen-bond acceptors (Lipinski definition) is 5. The van der Waals surface area contributed by atoms with Gasteiger partial charge in [-0.15, -0.1) is 10.2 Å². The Morgan fingerprint density at radius 3 is 2.70 bits per heavy atom. The number of nitrogens with one attached hydrogen (secondary N) is 2. The summed E-state index contributed by atoms with van der Waals surface area (Å²) >= 11 is 1.33. The summed E-state index contributed by atoms with van der Waals surface area (Å²) in [5, 5.41) is 12.7. The molecule has 1 amide bonds. The number of aromatic amines is 1. The molecule has 1 unspecified atom stereocenters. The lowest BCUT2D eigenvalue weighted by molar-refractivity contribution is -0.115. The van der Waals surface area contributed by atoms with E-state index in [4.69, 9.17) is 0 Å². The predicted molar refractivity (Wildman–Crippen MR) is 109 cm³/mol. The zero-order valence-electron chi connectivity index (χ0n) is 15.1. The van der Waals surface area contributed by atoms with Gasteiger partial charge in [0.15, 0.2) is 5.65 Å². The zero-order valence-corrected chi connectivity index (χ0v) is 15.9. The molecule has 4 rings (SSSR count). The fourth-order valence-electron chi connectivity index (χ4n) is 2.86. The molecule has 2 heterocycles. The van der Waals surface area contributed by atoms with Crippen LogP contribution in [-0.4, -0.2) is 31.3 Å². The zero-order chi connectivity index (χ0) is 18.8. The minimum Gasteiger partial charge on any atom is -0.338 e. The van der Waals surface area contributed by atoms with Crippen LogP contribution < -0.4 is 5.32 Å². The molecule has 2 N–H and O–H groups in total. The number of amides is 1. The average molecular weight is 377 g/mol.